The minimum Gasteiger partial charge on any atom is -0.355 e. The van der Waals surface area contributed by atoms with Crippen LogP contribution in [0.5, 0.6) is 0 Å². The zero-order valence-corrected chi connectivity index (χ0v) is 20.4. The molecule has 0 amide bonds. The largest absolute Gasteiger partial charge is 0.355 e. The molecule has 0 atom stereocenters. The van der Waals surface area contributed by atoms with Crippen molar-refractivity contribution in [1.29, 1.82) is 0 Å². The first-order valence-corrected chi connectivity index (χ1v) is 12.7. The van der Waals surface area contributed by atoms with Crippen molar-refractivity contribution in [3.8, 4) is 11.3 Å². The van der Waals surface area contributed by atoms with E-state index in [0.29, 0.717) is 17.2 Å². The van der Waals surface area contributed by atoms with E-state index >= 15 is 0 Å². The number of hydrogen-bond donors (Lipinski definition) is 1. The fourth-order valence-electron chi connectivity index (χ4n) is 4.03. The van der Waals surface area contributed by atoms with E-state index in [1.165, 1.54) is 13.0 Å². The highest BCUT2D eigenvalue weighted by atomic mass is 32.2. The van der Waals surface area contributed by atoms with Gasteiger partial charge in [0.2, 0.25) is 0 Å². The lowest BCUT2D eigenvalue weighted by molar-refractivity contribution is -0.395. The van der Waals surface area contributed by atoms with Crippen LogP contribution in [-0.2, 0) is 10.0 Å². The Balaban J connectivity index is 1.59. The van der Waals surface area contributed by atoms with E-state index in [-0.39, 0.29) is 11.3 Å². The van der Waals surface area contributed by atoms with Crippen LogP contribution in [0.1, 0.15) is 25.3 Å². The lowest BCUT2D eigenvalue weighted by atomic mass is 9.99. The lowest BCUT2D eigenvalue weighted by Crippen LogP contribution is -2.33. The van der Waals surface area contributed by atoms with Gasteiger partial charge < -0.3 is 4.90 Å². The van der Waals surface area contributed by atoms with Crippen molar-refractivity contribution in [3.63, 3.8) is 0 Å². The molecule has 0 saturated carbocycles. The number of hydrogen-bond acceptors (Lipinski definition) is 9. The van der Waals surface area contributed by atoms with Crippen molar-refractivity contribution < 1.29 is 18.3 Å². The quantitative estimate of drug-likeness (QED) is 0.359. The van der Waals surface area contributed by atoms with E-state index in [1.807, 2.05) is 6.07 Å². The van der Waals surface area contributed by atoms with Gasteiger partial charge in [-0.25, -0.2) is 8.42 Å². The van der Waals surface area contributed by atoms with Crippen LogP contribution in [0.25, 0.3) is 11.3 Å². The number of nitro groups is 2. The SMILES string of the molecule is Cc1c([N+](=O)[O-])cc(S(=O)(=O)Nc2cccc(-c3ccc(N4CCC(C)CC4)nn3)c2)cc1[N+](=O)[O-]. The molecule has 1 aliphatic rings. The monoisotopic (exact) mass is 512 g/mol. The summed E-state index contributed by atoms with van der Waals surface area (Å²) in [6, 6.07) is 11.7. The number of anilines is 2. The number of nitrogens with zero attached hydrogens (tertiary/aromatic N) is 5. The van der Waals surface area contributed by atoms with E-state index in [9.17, 15) is 28.6 Å². The molecule has 3 aromatic rings. The number of nitrogens with one attached hydrogen (secondary N) is 1. The molecular formula is C23H24N6O6S. The Bertz CT molecular complexity index is 1380. The molecule has 0 unspecified atom stereocenters. The molecule has 1 N–H and O–H groups in total. The Labute approximate surface area is 207 Å². The smallest absolute Gasteiger partial charge is 0.280 e. The molecule has 1 fully saturated rings. The third-order valence-corrected chi connectivity index (χ3v) is 7.56. The summed E-state index contributed by atoms with van der Waals surface area (Å²) in [6.07, 6.45) is 2.19. The van der Waals surface area contributed by atoms with Gasteiger partial charge in [0.15, 0.2) is 5.82 Å². The van der Waals surface area contributed by atoms with Crippen LogP contribution in [0, 0.1) is 33.1 Å². The van der Waals surface area contributed by atoms with Crippen LogP contribution in [0.15, 0.2) is 53.4 Å². The highest BCUT2D eigenvalue weighted by Gasteiger charge is 2.28. The third-order valence-electron chi connectivity index (χ3n) is 6.20. The number of nitro benzene ring substituents is 2. The molecule has 0 aliphatic carbocycles. The van der Waals surface area contributed by atoms with Crippen LogP contribution < -0.4 is 9.62 Å². The molecule has 0 spiro atoms. The molecule has 1 saturated heterocycles. The minimum atomic E-state index is -4.37. The van der Waals surface area contributed by atoms with E-state index in [1.54, 1.807) is 24.3 Å². The molecule has 0 bridgehead atoms. The van der Waals surface area contributed by atoms with Gasteiger partial charge in [-0.1, -0.05) is 19.1 Å². The maximum Gasteiger partial charge on any atom is 0.280 e. The zero-order valence-electron chi connectivity index (χ0n) is 19.6. The standard InChI is InChI=1S/C23H24N6O6S/c1-15-8-10-27(11-9-15)23-7-6-20(24-25-23)17-4-3-5-18(12-17)26-36(34,35)19-13-21(28(30)31)16(2)22(14-19)29(32)33/h3-7,12-15,26H,8-11H2,1-2H3. The summed E-state index contributed by atoms with van der Waals surface area (Å²) < 4.78 is 28.3. The van der Waals surface area contributed by atoms with Gasteiger partial charge in [0, 0.05) is 36.5 Å². The number of piperidine rings is 1. The van der Waals surface area contributed by atoms with E-state index in [4.69, 9.17) is 0 Å². The first-order valence-electron chi connectivity index (χ1n) is 11.2. The fourth-order valence-corrected chi connectivity index (χ4v) is 5.12. The van der Waals surface area contributed by atoms with Gasteiger partial charge in [-0.2, -0.15) is 0 Å². The average Bonchev–Trinajstić information content (AvgIpc) is 2.84. The lowest BCUT2D eigenvalue weighted by Gasteiger charge is -2.30. The first kappa shape index (κ1) is 25.0. The fraction of sp³-hybridized carbons (Fsp3) is 0.304. The van der Waals surface area contributed by atoms with Crippen molar-refractivity contribution in [2.24, 2.45) is 5.92 Å². The van der Waals surface area contributed by atoms with Gasteiger partial charge in [0.05, 0.1) is 15.5 Å². The maximum absolute atomic E-state index is 13.0. The molecule has 2 heterocycles. The highest BCUT2D eigenvalue weighted by molar-refractivity contribution is 7.92. The molecular weight excluding hydrogens is 488 g/mol. The molecule has 4 rings (SSSR count). The summed E-state index contributed by atoms with van der Waals surface area (Å²) in [7, 11) is -4.37. The van der Waals surface area contributed by atoms with Crippen molar-refractivity contribution in [2.75, 3.05) is 22.7 Å². The molecule has 0 radical (unpaired) electrons. The Morgan fingerprint density at radius 1 is 0.972 bits per heavy atom. The third kappa shape index (κ3) is 5.25. The molecule has 1 aromatic heterocycles. The topological polar surface area (TPSA) is 161 Å². The zero-order chi connectivity index (χ0) is 26.0. The van der Waals surface area contributed by atoms with Gasteiger partial charge in [0.1, 0.15) is 10.5 Å². The normalized spacial score (nSPS) is 14.4. The van der Waals surface area contributed by atoms with Gasteiger partial charge >= 0.3 is 0 Å². The van der Waals surface area contributed by atoms with Crippen LogP contribution in [0.2, 0.25) is 0 Å². The van der Waals surface area contributed by atoms with Gasteiger partial charge in [-0.05, 0) is 49.9 Å². The predicted molar refractivity (Wildman–Crippen MR) is 133 cm³/mol. The van der Waals surface area contributed by atoms with Crippen LogP contribution in [0.4, 0.5) is 22.9 Å². The highest BCUT2D eigenvalue weighted by Crippen LogP contribution is 2.32. The number of benzene rings is 2. The molecule has 12 nitrogen and oxygen atoms in total. The Morgan fingerprint density at radius 2 is 1.61 bits per heavy atom. The average molecular weight is 513 g/mol. The molecule has 1 aliphatic heterocycles. The second-order valence-electron chi connectivity index (χ2n) is 8.73. The minimum absolute atomic E-state index is 0.161. The van der Waals surface area contributed by atoms with Crippen molar-refractivity contribution >= 4 is 32.9 Å². The maximum atomic E-state index is 13.0. The summed E-state index contributed by atoms with van der Waals surface area (Å²) >= 11 is 0. The summed E-state index contributed by atoms with van der Waals surface area (Å²) in [6.45, 7) is 5.26. The van der Waals surface area contributed by atoms with Gasteiger partial charge in [-0.15, -0.1) is 10.2 Å². The van der Waals surface area contributed by atoms with Gasteiger partial charge in [-0.3, -0.25) is 25.0 Å². The summed E-state index contributed by atoms with van der Waals surface area (Å²) in [4.78, 5) is 22.5. The van der Waals surface area contributed by atoms with Gasteiger partial charge in [0.25, 0.3) is 21.4 Å². The molecule has 2 aromatic carbocycles. The number of aromatic nitrogens is 2. The van der Waals surface area contributed by atoms with E-state index < -0.39 is 36.1 Å². The summed E-state index contributed by atoms with van der Waals surface area (Å²) in [5, 5.41) is 31.3. The molecule has 13 heteroatoms. The summed E-state index contributed by atoms with van der Waals surface area (Å²) in [5.74, 6) is 1.47. The Hall–Kier alpha value is -4.13. The summed E-state index contributed by atoms with van der Waals surface area (Å²) in [5.41, 5.74) is -0.246. The molecule has 36 heavy (non-hydrogen) atoms. The van der Waals surface area contributed by atoms with Crippen LogP contribution >= 0.6 is 0 Å². The second kappa shape index (κ2) is 9.85. The first-order chi connectivity index (χ1) is 17.0. The van der Waals surface area contributed by atoms with E-state index in [2.05, 4.69) is 26.7 Å². The van der Waals surface area contributed by atoms with Crippen molar-refractivity contribution in [2.45, 2.75) is 31.6 Å². The van der Waals surface area contributed by atoms with Crippen molar-refractivity contribution in [1.82, 2.24) is 10.2 Å². The van der Waals surface area contributed by atoms with Crippen molar-refractivity contribution in [3.05, 3.63) is 74.3 Å². The van der Waals surface area contributed by atoms with Crippen LogP contribution in [0.3, 0.4) is 0 Å². The Morgan fingerprint density at radius 3 is 2.17 bits per heavy atom. The predicted octanol–water partition coefficient (Wildman–Crippen LogP) is 4.31. The Kier molecular flexibility index (Phi) is 6.84. The van der Waals surface area contributed by atoms with Crippen LogP contribution in [-0.4, -0.2) is 41.6 Å². The second-order valence-corrected chi connectivity index (χ2v) is 10.4. The number of sulfonamides is 1. The number of rotatable bonds is 7. The molecule has 188 valence electrons. The van der Waals surface area contributed by atoms with E-state index in [0.717, 1.165) is 43.9 Å².